The molecule has 5 N–H and O–H groups in total. The third kappa shape index (κ3) is 6.56. The van der Waals surface area contributed by atoms with Gasteiger partial charge in [-0.15, -0.1) is 0 Å². The number of aromatic nitrogens is 6. The lowest BCUT2D eigenvalue weighted by Crippen LogP contribution is -2.29. The largest absolute Gasteiger partial charge is 0.387 e. The van der Waals surface area contributed by atoms with E-state index in [1.54, 1.807) is 23.2 Å². The van der Waals surface area contributed by atoms with E-state index in [0.29, 0.717) is 54.7 Å². The standard InChI is InChI=1S/C35H37N9O4/c1-2-24-19-26(48-43-24)31-29(45)30(46)34(47-31)44-21-40-28-32(39-20-25(22-11-5-3-6-12-22)23-13-7-4-8-14-23)41-35(42-33(28)44)38-18-17-37-27-15-9-10-16-36-27/h3-16,19,21,25,29-31,34,45-46H,2,17-18,20H2,1H3,(H,36,37)(H2,38,39,41,42)/t29-,30+,31?,34+/m0/s1. The zero-order valence-corrected chi connectivity index (χ0v) is 26.3. The second-order valence-electron chi connectivity index (χ2n) is 11.5. The van der Waals surface area contributed by atoms with Crippen molar-refractivity contribution >= 4 is 28.7 Å². The SMILES string of the molecule is CCc1cc(C2O[C@@H](n3cnc4c(NCC(c5ccccc5)c5ccccc5)nc(NCCNc5ccccn5)nc43)[C@H](O)[C@@H]2O)on1. The van der Waals surface area contributed by atoms with Gasteiger partial charge in [0, 0.05) is 37.8 Å². The Kier molecular flexibility index (Phi) is 9.23. The van der Waals surface area contributed by atoms with E-state index in [9.17, 15) is 10.2 Å². The summed E-state index contributed by atoms with van der Waals surface area (Å²) in [6.45, 7) is 3.55. The molecule has 246 valence electrons. The Morgan fingerprint density at radius 2 is 1.56 bits per heavy atom. The van der Waals surface area contributed by atoms with Crippen LogP contribution in [0.3, 0.4) is 0 Å². The summed E-state index contributed by atoms with van der Waals surface area (Å²) >= 11 is 0. The van der Waals surface area contributed by atoms with Crippen LogP contribution in [0.2, 0.25) is 0 Å². The van der Waals surface area contributed by atoms with Gasteiger partial charge in [-0.3, -0.25) is 4.57 Å². The summed E-state index contributed by atoms with van der Waals surface area (Å²) in [5.41, 5.74) is 3.97. The van der Waals surface area contributed by atoms with E-state index in [-0.39, 0.29) is 5.92 Å². The second kappa shape index (κ2) is 14.2. The maximum absolute atomic E-state index is 11.2. The second-order valence-corrected chi connectivity index (χ2v) is 11.5. The van der Waals surface area contributed by atoms with Crippen LogP contribution in [0.5, 0.6) is 0 Å². The highest BCUT2D eigenvalue weighted by molar-refractivity contribution is 5.84. The Hall–Kier alpha value is -5.37. The first-order valence-corrected chi connectivity index (χ1v) is 16.0. The molecule has 1 aliphatic heterocycles. The molecule has 0 amide bonds. The van der Waals surface area contributed by atoms with Gasteiger partial charge in [-0.2, -0.15) is 9.97 Å². The maximum atomic E-state index is 11.2. The van der Waals surface area contributed by atoms with Gasteiger partial charge in [-0.1, -0.05) is 78.8 Å². The van der Waals surface area contributed by atoms with Crippen LogP contribution in [-0.4, -0.2) is 71.7 Å². The molecule has 0 aliphatic carbocycles. The van der Waals surface area contributed by atoms with Gasteiger partial charge < -0.3 is 35.4 Å². The monoisotopic (exact) mass is 647 g/mol. The van der Waals surface area contributed by atoms with Crippen LogP contribution in [0.1, 0.15) is 47.8 Å². The number of anilines is 3. The Labute approximate surface area is 277 Å². The minimum Gasteiger partial charge on any atom is -0.387 e. The van der Waals surface area contributed by atoms with Gasteiger partial charge in [0.1, 0.15) is 24.1 Å². The number of benzene rings is 2. The molecule has 0 spiro atoms. The number of aliphatic hydroxyl groups excluding tert-OH is 2. The van der Waals surface area contributed by atoms with E-state index < -0.39 is 24.5 Å². The summed E-state index contributed by atoms with van der Waals surface area (Å²) in [6.07, 6.45) is -0.499. The van der Waals surface area contributed by atoms with Crippen molar-refractivity contribution in [2.24, 2.45) is 0 Å². The van der Waals surface area contributed by atoms with Crippen molar-refractivity contribution in [1.29, 1.82) is 0 Å². The molecule has 6 aromatic rings. The van der Waals surface area contributed by atoms with Crippen LogP contribution >= 0.6 is 0 Å². The highest BCUT2D eigenvalue weighted by atomic mass is 16.6. The van der Waals surface area contributed by atoms with E-state index in [0.717, 1.165) is 22.6 Å². The van der Waals surface area contributed by atoms with E-state index >= 15 is 0 Å². The molecule has 13 heteroatoms. The van der Waals surface area contributed by atoms with Gasteiger partial charge >= 0.3 is 0 Å². The molecule has 1 aliphatic rings. The Morgan fingerprint density at radius 1 is 0.833 bits per heavy atom. The number of nitrogens with one attached hydrogen (secondary N) is 3. The highest BCUT2D eigenvalue weighted by Crippen LogP contribution is 2.40. The number of imidazole rings is 1. The van der Waals surface area contributed by atoms with Crippen molar-refractivity contribution < 1.29 is 19.5 Å². The minimum atomic E-state index is -1.28. The maximum Gasteiger partial charge on any atom is 0.226 e. The molecular weight excluding hydrogens is 610 g/mol. The summed E-state index contributed by atoms with van der Waals surface area (Å²) in [4.78, 5) is 18.6. The number of hydrogen-bond acceptors (Lipinski definition) is 12. The van der Waals surface area contributed by atoms with Gasteiger partial charge in [0.25, 0.3) is 0 Å². The molecule has 0 bridgehead atoms. The molecule has 48 heavy (non-hydrogen) atoms. The summed E-state index contributed by atoms with van der Waals surface area (Å²) in [5.74, 6) is 2.02. The topological polar surface area (TPSA) is 168 Å². The van der Waals surface area contributed by atoms with E-state index in [2.05, 4.69) is 55.3 Å². The highest BCUT2D eigenvalue weighted by Gasteiger charge is 2.47. The van der Waals surface area contributed by atoms with Gasteiger partial charge in [-0.25, -0.2) is 9.97 Å². The van der Waals surface area contributed by atoms with Crippen LogP contribution in [0.15, 0.2) is 102 Å². The summed E-state index contributed by atoms with van der Waals surface area (Å²) in [7, 11) is 0. The van der Waals surface area contributed by atoms with Crippen molar-refractivity contribution in [3.63, 3.8) is 0 Å². The lowest BCUT2D eigenvalue weighted by Gasteiger charge is -2.20. The molecule has 2 aromatic carbocycles. The predicted octanol–water partition coefficient (Wildman–Crippen LogP) is 4.53. The fraction of sp³-hybridized carbons (Fsp3) is 0.286. The Morgan fingerprint density at radius 3 is 2.25 bits per heavy atom. The summed E-state index contributed by atoms with van der Waals surface area (Å²) in [6, 6.07) is 28.0. The Balaban J connectivity index is 1.19. The first-order chi connectivity index (χ1) is 23.6. The number of aryl methyl sites for hydroxylation is 1. The lowest BCUT2D eigenvalue weighted by molar-refractivity contribution is -0.0434. The van der Waals surface area contributed by atoms with Crippen LogP contribution in [0.4, 0.5) is 17.6 Å². The average Bonchev–Trinajstić information content (AvgIpc) is 3.86. The summed E-state index contributed by atoms with van der Waals surface area (Å²) in [5, 5.41) is 36.3. The third-order valence-electron chi connectivity index (χ3n) is 8.41. The van der Waals surface area contributed by atoms with E-state index in [1.807, 2.05) is 61.5 Å². The number of rotatable bonds is 13. The molecule has 4 aromatic heterocycles. The first-order valence-electron chi connectivity index (χ1n) is 16.0. The number of ether oxygens (including phenoxy) is 1. The number of fused-ring (bicyclic) bond motifs is 1. The molecule has 1 unspecified atom stereocenters. The molecule has 4 atom stereocenters. The quantitative estimate of drug-likeness (QED) is 0.111. The van der Waals surface area contributed by atoms with Crippen LogP contribution < -0.4 is 16.0 Å². The number of nitrogens with zero attached hydrogens (tertiary/aromatic N) is 6. The smallest absolute Gasteiger partial charge is 0.226 e. The molecule has 1 fully saturated rings. The van der Waals surface area contributed by atoms with Crippen LogP contribution in [0.25, 0.3) is 11.2 Å². The zero-order valence-electron chi connectivity index (χ0n) is 26.3. The average molecular weight is 648 g/mol. The number of aliphatic hydroxyl groups is 2. The third-order valence-corrected chi connectivity index (χ3v) is 8.41. The van der Waals surface area contributed by atoms with Crippen LogP contribution in [-0.2, 0) is 11.2 Å². The van der Waals surface area contributed by atoms with Crippen molar-refractivity contribution in [3.05, 3.63) is 120 Å². The van der Waals surface area contributed by atoms with Crippen LogP contribution in [0, 0.1) is 0 Å². The van der Waals surface area contributed by atoms with Crippen molar-refractivity contribution in [3.8, 4) is 0 Å². The van der Waals surface area contributed by atoms with Crippen molar-refractivity contribution in [2.45, 2.75) is 43.8 Å². The van der Waals surface area contributed by atoms with Crippen molar-refractivity contribution in [1.82, 2.24) is 29.7 Å². The zero-order chi connectivity index (χ0) is 32.9. The Bertz CT molecular complexity index is 1880. The molecule has 0 radical (unpaired) electrons. The lowest BCUT2D eigenvalue weighted by atomic mass is 9.91. The minimum absolute atomic E-state index is 0.0318. The molecule has 0 saturated carbocycles. The van der Waals surface area contributed by atoms with E-state index in [1.165, 1.54) is 0 Å². The summed E-state index contributed by atoms with van der Waals surface area (Å²) < 4.78 is 13.3. The first kappa shape index (κ1) is 31.2. The van der Waals surface area contributed by atoms with E-state index in [4.69, 9.17) is 19.2 Å². The number of hydrogen-bond donors (Lipinski definition) is 5. The molecule has 5 heterocycles. The van der Waals surface area contributed by atoms with Crippen molar-refractivity contribution in [2.75, 3.05) is 35.6 Å². The van der Waals surface area contributed by atoms with Gasteiger partial charge in [-0.05, 0) is 29.7 Å². The fourth-order valence-corrected chi connectivity index (χ4v) is 5.89. The number of pyridine rings is 1. The molecule has 7 rings (SSSR count). The predicted molar refractivity (Wildman–Crippen MR) is 181 cm³/mol. The van der Waals surface area contributed by atoms with Gasteiger partial charge in [0.05, 0.1) is 12.0 Å². The molecular formula is C35H37N9O4. The van der Waals surface area contributed by atoms with Gasteiger partial charge in [0.2, 0.25) is 5.95 Å². The normalized spacial score (nSPS) is 19.2. The fourth-order valence-electron chi connectivity index (χ4n) is 5.89. The van der Waals surface area contributed by atoms with Gasteiger partial charge in [0.15, 0.2) is 29.0 Å². The molecule has 13 nitrogen and oxygen atoms in total. The molecule has 1 saturated heterocycles.